The first kappa shape index (κ1) is 17.3. The van der Waals surface area contributed by atoms with Crippen LogP contribution in [0.15, 0.2) is 36.8 Å². The maximum absolute atomic E-state index is 11.6. The van der Waals surface area contributed by atoms with Crippen molar-refractivity contribution in [1.29, 1.82) is 0 Å². The number of aryl methyl sites for hydroxylation is 1. The monoisotopic (exact) mass is 365 g/mol. The third kappa shape index (κ3) is 3.55. The number of amides is 2. The molecule has 1 unspecified atom stereocenters. The van der Waals surface area contributed by atoms with Gasteiger partial charge in [0.25, 0.3) is 0 Å². The van der Waals surface area contributed by atoms with Crippen LogP contribution in [-0.4, -0.2) is 43.6 Å². The third-order valence-corrected chi connectivity index (χ3v) is 5.02. The molecule has 4 heterocycles. The van der Waals surface area contributed by atoms with E-state index in [4.69, 9.17) is 10.7 Å². The number of pyridine rings is 1. The highest BCUT2D eigenvalue weighted by atomic mass is 16.2. The van der Waals surface area contributed by atoms with E-state index in [0.29, 0.717) is 19.6 Å². The molecule has 1 fully saturated rings. The van der Waals surface area contributed by atoms with E-state index in [1.54, 1.807) is 11.1 Å². The van der Waals surface area contributed by atoms with Crippen molar-refractivity contribution >= 4 is 17.5 Å². The number of hydrogen-bond donors (Lipinski definition) is 2. The molecule has 1 aliphatic heterocycles. The molecule has 3 aromatic heterocycles. The maximum Gasteiger partial charge on any atom is 0.314 e. The predicted molar refractivity (Wildman–Crippen MR) is 102 cm³/mol. The lowest BCUT2D eigenvalue weighted by atomic mass is 9.94. The zero-order valence-electron chi connectivity index (χ0n) is 15.3. The van der Waals surface area contributed by atoms with Crippen LogP contribution in [0.3, 0.4) is 0 Å². The van der Waals surface area contributed by atoms with Gasteiger partial charge in [0.2, 0.25) is 0 Å². The average molecular weight is 365 g/mol. The minimum atomic E-state index is -0.365. The molecule has 0 saturated carbocycles. The van der Waals surface area contributed by atoms with Crippen molar-refractivity contribution in [2.24, 2.45) is 5.73 Å². The van der Waals surface area contributed by atoms with Crippen molar-refractivity contribution in [3.63, 3.8) is 0 Å². The number of aromatic nitrogens is 4. The van der Waals surface area contributed by atoms with Gasteiger partial charge in [0, 0.05) is 49.6 Å². The van der Waals surface area contributed by atoms with Crippen molar-refractivity contribution in [2.75, 3.05) is 18.4 Å². The number of carbonyl (C=O) groups is 1. The highest BCUT2D eigenvalue weighted by Crippen LogP contribution is 2.28. The van der Waals surface area contributed by atoms with Gasteiger partial charge in [-0.25, -0.2) is 9.78 Å². The number of likely N-dealkylation sites (tertiary alicyclic amines) is 1. The lowest BCUT2D eigenvalue weighted by Crippen LogP contribution is -2.42. The van der Waals surface area contributed by atoms with E-state index in [0.717, 1.165) is 41.1 Å². The van der Waals surface area contributed by atoms with E-state index in [-0.39, 0.29) is 11.9 Å². The Morgan fingerprint density at radius 3 is 3.07 bits per heavy atom. The second-order valence-corrected chi connectivity index (χ2v) is 6.97. The van der Waals surface area contributed by atoms with Crippen LogP contribution in [-0.2, 0) is 6.54 Å². The molecule has 0 aromatic carbocycles. The predicted octanol–water partition coefficient (Wildman–Crippen LogP) is 2.30. The number of anilines is 1. The van der Waals surface area contributed by atoms with Crippen LogP contribution in [0.5, 0.6) is 0 Å². The SMILES string of the molecule is Cc1cnn2c(NCc3cccnc3)cc(C3CCCN(C(N)=O)C3)nc12. The van der Waals surface area contributed by atoms with Gasteiger partial charge in [0.15, 0.2) is 5.65 Å². The average Bonchev–Trinajstić information content (AvgIpc) is 3.08. The minimum Gasteiger partial charge on any atom is -0.366 e. The summed E-state index contributed by atoms with van der Waals surface area (Å²) in [5.74, 6) is 1.05. The third-order valence-electron chi connectivity index (χ3n) is 5.02. The van der Waals surface area contributed by atoms with Crippen LogP contribution in [0.2, 0.25) is 0 Å². The van der Waals surface area contributed by atoms with Gasteiger partial charge in [-0.15, -0.1) is 0 Å². The van der Waals surface area contributed by atoms with Crippen LogP contribution < -0.4 is 11.1 Å². The van der Waals surface area contributed by atoms with Crippen molar-refractivity contribution in [2.45, 2.75) is 32.2 Å². The van der Waals surface area contributed by atoms with Gasteiger partial charge in [-0.2, -0.15) is 9.61 Å². The number of hydrogen-bond acceptors (Lipinski definition) is 5. The largest absolute Gasteiger partial charge is 0.366 e. The Morgan fingerprint density at radius 2 is 2.30 bits per heavy atom. The summed E-state index contributed by atoms with van der Waals surface area (Å²) in [6.07, 6.45) is 7.33. The summed E-state index contributed by atoms with van der Waals surface area (Å²) in [5.41, 5.74) is 9.38. The molecule has 0 bridgehead atoms. The summed E-state index contributed by atoms with van der Waals surface area (Å²) in [6.45, 7) is 3.96. The number of carbonyl (C=O) groups excluding carboxylic acids is 1. The van der Waals surface area contributed by atoms with Gasteiger partial charge < -0.3 is 16.0 Å². The molecule has 8 nitrogen and oxygen atoms in total. The Kier molecular flexibility index (Phi) is 4.62. The summed E-state index contributed by atoms with van der Waals surface area (Å²) in [6, 6.07) is 5.62. The first-order chi connectivity index (χ1) is 13.1. The lowest BCUT2D eigenvalue weighted by Gasteiger charge is -2.31. The molecule has 0 radical (unpaired) electrons. The van der Waals surface area contributed by atoms with E-state index in [1.807, 2.05) is 42.0 Å². The molecule has 3 aromatic rings. The maximum atomic E-state index is 11.6. The zero-order valence-corrected chi connectivity index (χ0v) is 15.3. The second-order valence-electron chi connectivity index (χ2n) is 6.97. The molecular formula is C19H23N7O. The Morgan fingerprint density at radius 1 is 1.41 bits per heavy atom. The Hall–Kier alpha value is -3.16. The zero-order chi connectivity index (χ0) is 18.8. The summed E-state index contributed by atoms with van der Waals surface area (Å²) < 4.78 is 1.82. The smallest absolute Gasteiger partial charge is 0.314 e. The number of piperidine rings is 1. The minimum absolute atomic E-state index is 0.171. The summed E-state index contributed by atoms with van der Waals surface area (Å²) in [5, 5.41) is 7.90. The first-order valence-corrected chi connectivity index (χ1v) is 9.14. The van der Waals surface area contributed by atoms with E-state index in [2.05, 4.69) is 15.4 Å². The number of nitrogens with one attached hydrogen (secondary N) is 1. The van der Waals surface area contributed by atoms with Crippen molar-refractivity contribution < 1.29 is 4.79 Å². The standard InChI is InChI=1S/C19H23N7O/c1-13-9-23-26-17(22-11-14-4-2-6-21-10-14)8-16(24-18(13)26)15-5-3-7-25(12-15)19(20)27/h2,4,6,8-10,15,22H,3,5,7,11-12H2,1H3,(H2,20,27). The fraction of sp³-hybridized carbons (Fsp3) is 0.368. The lowest BCUT2D eigenvalue weighted by molar-refractivity contribution is 0.188. The van der Waals surface area contributed by atoms with Gasteiger partial charge in [0.05, 0.1) is 11.9 Å². The molecular weight excluding hydrogens is 342 g/mol. The van der Waals surface area contributed by atoms with E-state index >= 15 is 0 Å². The topological polar surface area (TPSA) is 101 Å². The molecule has 1 atom stereocenters. The van der Waals surface area contributed by atoms with Gasteiger partial charge >= 0.3 is 6.03 Å². The molecule has 1 aliphatic rings. The van der Waals surface area contributed by atoms with E-state index < -0.39 is 0 Å². The molecule has 4 rings (SSSR count). The van der Waals surface area contributed by atoms with Gasteiger partial charge in [-0.05, 0) is 31.4 Å². The Labute approximate surface area is 157 Å². The number of primary amides is 1. The summed E-state index contributed by atoms with van der Waals surface area (Å²) in [4.78, 5) is 22.3. The molecule has 140 valence electrons. The number of urea groups is 1. The Bertz CT molecular complexity index is 953. The van der Waals surface area contributed by atoms with Gasteiger partial charge in [-0.1, -0.05) is 6.07 Å². The second kappa shape index (κ2) is 7.22. The number of nitrogens with two attached hydrogens (primary N) is 1. The number of rotatable bonds is 4. The van der Waals surface area contributed by atoms with Crippen LogP contribution in [0, 0.1) is 6.92 Å². The molecule has 3 N–H and O–H groups in total. The van der Waals surface area contributed by atoms with Crippen molar-refractivity contribution in [3.05, 3.63) is 53.6 Å². The molecule has 2 amide bonds. The highest BCUT2D eigenvalue weighted by molar-refractivity contribution is 5.72. The van der Waals surface area contributed by atoms with E-state index in [9.17, 15) is 4.79 Å². The number of fused-ring (bicyclic) bond motifs is 1. The fourth-order valence-corrected chi connectivity index (χ4v) is 3.54. The number of nitrogens with zero attached hydrogens (tertiary/aromatic N) is 5. The molecule has 27 heavy (non-hydrogen) atoms. The summed E-state index contributed by atoms with van der Waals surface area (Å²) in [7, 11) is 0. The van der Waals surface area contributed by atoms with Crippen molar-refractivity contribution in [3.8, 4) is 0 Å². The summed E-state index contributed by atoms with van der Waals surface area (Å²) >= 11 is 0. The van der Waals surface area contributed by atoms with Crippen LogP contribution in [0.25, 0.3) is 5.65 Å². The van der Waals surface area contributed by atoms with Gasteiger partial charge in [-0.3, -0.25) is 4.98 Å². The van der Waals surface area contributed by atoms with Crippen LogP contribution >= 0.6 is 0 Å². The van der Waals surface area contributed by atoms with Gasteiger partial charge in [0.1, 0.15) is 5.82 Å². The van der Waals surface area contributed by atoms with Crippen LogP contribution in [0.4, 0.5) is 10.6 Å². The molecule has 1 saturated heterocycles. The molecule has 0 spiro atoms. The Balaban J connectivity index is 1.65. The van der Waals surface area contributed by atoms with Crippen molar-refractivity contribution in [1.82, 2.24) is 24.5 Å². The van der Waals surface area contributed by atoms with E-state index in [1.165, 1.54) is 0 Å². The van der Waals surface area contributed by atoms with Crippen LogP contribution in [0.1, 0.15) is 35.6 Å². The first-order valence-electron chi connectivity index (χ1n) is 9.14. The fourth-order valence-electron chi connectivity index (χ4n) is 3.54. The molecule has 8 heteroatoms. The normalized spacial score (nSPS) is 17.2. The quantitative estimate of drug-likeness (QED) is 0.739. The molecule has 0 aliphatic carbocycles. The highest BCUT2D eigenvalue weighted by Gasteiger charge is 2.25.